The molecule has 1 aliphatic heterocycles. The van der Waals surface area contributed by atoms with Gasteiger partial charge in [0.25, 0.3) is 0 Å². The molecule has 4 aromatic rings. The van der Waals surface area contributed by atoms with Gasteiger partial charge in [-0.15, -0.1) is 0 Å². The summed E-state index contributed by atoms with van der Waals surface area (Å²) in [6, 6.07) is 29.4. The normalized spacial score (nSPS) is 15.7. The number of nitrogens with zero attached hydrogens (tertiary/aromatic N) is 1. The number of esters is 2. The summed E-state index contributed by atoms with van der Waals surface area (Å²) in [5.74, 6) is -8.67. The number of carbonyl (C=O) groups excluding carboxylic acids is 9. The summed E-state index contributed by atoms with van der Waals surface area (Å²) in [4.78, 5) is 132. The van der Waals surface area contributed by atoms with Crippen molar-refractivity contribution in [3.05, 3.63) is 138 Å². The van der Waals surface area contributed by atoms with E-state index in [0.717, 1.165) is 11.1 Å². The van der Waals surface area contributed by atoms with Gasteiger partial charge in [0, 0.05) is 51.1 Å². The third-order valence-corrected chi connectivity index (χ3v) is 17.8. The third-order valence-electron chi connectivity index (χ3n) is 17.8. The summed E-state index contributed by atoms with van der Waals surface area (Å²) < 4.78 is 29.8. The minimum Gasteiger partial charge on any atom is -0.488 e. The molecule has 1 aliphatic rings. The van der Waals surface area contributed by atoms with E-state index in [4.69, 9.17) is 23.7 Å². The van der Waals surface area contributed by atoms with Crippen molar-refractivity contribution in [3.8, 4) is 5.75 Å². The van der Waals surface area contributed by atoms with E-state index in [1.807, 2.05) is 122 Å². The second-order valence-corrected chi connectivity index (χ2v) is 27.4. The number of Topliss-reactive ketones (excluding diaryl/α,β-unsaturated/α-hetero) is 1. The molecule has 0 bridgehead atoms. The van der Waals surface area contributed by atoms with Crippen molar-refractivity contribution in [3.63, 3.8) is 0 Å². The van der Waals surface area contributed by atoms with Crippen molar-refractivity contribution >= 4 is 53.2 Å². The Kier molecular flexibility index (Phi) is 32.2. The minimum absolute atomic E-state index is 0.0516. The number of ether oxygens (including phenoxy) is 5. The van der Waals surface area contributed by atoms with Crippen molar-refractivity contribution in [2.75, 3.05) is 27.3 Å². The average molecular weight is 1330 g/mol. The van der Waals surface area contributed by atoms with Crippen LogP contribution in [0.25, 0.3) is 0 Å². The van der Waals surface area contributed by atoms with Gasteiger partial charge < -0.3 is 55.2 Å². The maximum atomic E-state index is 15.6. The molecule has 0 saturated carbocycles. The zero-order chi connectivity index (χ0) is 70.6. The molecule has 1 saturated heterocycles. The topological polar surface area (TPSA) is 263 Å². The zero-order valence-corrected chi connectivity index (χ0v) is 59.1. The van der Waals surface area contributed by atoms with E-state index >= 15 is 19.2 Å². The fraction of sp³-hybridized carbons (Fsp3) is 0.566. The lowest BCUT2D eigenvalue weighted by Gasteiger charge is -2.36. The van der Waals surface area contributed by atoms with Gasteiger partial charge in [-0.3, -0.25) is 33.6 Å². The smallest absolute Gasteiger partial charge is 0.329 e. The summed E-state index contributed by atoms with van der Waals surface area (Å²) in [6.07, 6.45) is 0.414. The predicted molar refractivity (Wildman–Crippen MR) is 368 cm³/mol. The van der Waals surface area contributed by atoms with Gasteiger partial charge in [-0.1, -0.05) is 171 Å². The van der Waals surface area contributed by atoms with Crippen LogP contribution in [0.3, 0.4) is 0 Å². The fourth-order valence-electron chi connectivity index (χ4n) is 11.6. The van der Waals surface area contributed by atoms with Gasteiger partial charge in [0.05, 0.1) is 13.2 Å². The van der Waals surface area contributed by atoms with Gasteiger partial charge in [-0.05, 0) is 124 Å². The van der Waals surface area contributed by atoms with Crippen LogP contribution in [0, 0.1) is 41.4 Å². The Hall–Kier alpha value is -7.97. The number of hydrogen-bond acceptors (Lipinski definition) is 14. The summed E-state index contributed by atoms with van der Waals surface area (Å²) in [6.45, 7) is 22.4. The lowest BCUT2D eigenvalue weighted by molar-refractivity contribution is -0.159. The van der Waals surface area contributed by atoms with Crippen molar-refractivity contribution < 1.29 is 66.8 Å². The lowest BCUT2D eigenvalue weighted by atomic mass is 9.79. The van der Waals surface area contributed by atoms with Crippen LogP contribution >= 0.6 is 0 Å². The second-order valence-electron chi connectivity index (χ2n) is 27.4. The molecule has 0 spiro atoms. The Bertz CT molecular complexity index is 3060. The highest BCUT2D eigenvalue weighted by molar-refractivity contribution is 5.96. The van der Waals surface area contributed by atoms with E-state index in [0.29, 0.717) is 68.6 Å². The highest BCUT2D eigenvalue weighted by atomic mass is 16.7. The van der Waals surface area contributed by atoms with Crippen molar-refractivity contribution in [2.24, 2.45) is 41.4 Å². The van der Waals surface area contributed by atoms with Crippen LogP contribution in [0.4, 0.5) is 0 Å². The van der Waals surface area contributed by atoms with Crippen LogP contribution in [0.1, 0.15) is 157 Å². The van der Waals surface area contributed by atoms with E-state index in [-0.39, 0.29) is 68.1 Å². The van der Waals surface area contributed by atoms with Crippen LogP contribution in [-0.4, -0.2) is 134 Å². The molecular formula is C76H108N6O14. The van der Waals surface area contributed by atoms with Crippen LogP contribution in [0.2, 0.25) is 0 Å². The van der Waals surface area contributed by atoms with Gasteiger partial charge >= 0.3 is 11.9 Å². The first-order valence-electron chi connectivity index (χ1n) is 34.3. The molecule has 0 radical (unpaired) electrons. The molecule has 0 unspecified atom stereocenters. The van der Waals surface area contributed by atoms with Gasteiger partial charge in [-0.2, -0.15) is 0 Å². The molecule has 10 atom stereocenters. The number of benzene rings is 4. The minimum atomic E-state index is -1.70. The van der Waals surface area contributed by atoms with E-state index in [9.17, 15) is 24.0 Å². The van der Waals surface area contributed by atoms with Gasteiger partial charge in [0.15, 0.2) is 6.29 Å². The molecule has 5 N–H and O–H groups in total. The summed E-state index contributed by atoms with van der Waals surface area (Å²) in [7, 11) is 2.96. The molecule has 4 aromatic carbocycles. The molecule has 96 heavy (non-hydrogen) atoms. The summed E-state index contributed by atoms with van der Waals surface area (Å²) in [5, 5.41) is 14.2. The average Bonchev–Trinajstić information content (AvgIpc) is 0.886. The molecule has 0 aromatic heterocycles. The van der Waals surface area contributed by atoms with E-state index in [2.05, 4.69) is 26.6 Å². The highest BCUT2D eigenvalue weighted by Crippen LogP contribution is 2.30. The predicted octanol–water partition coefficient (Wildman–Crippen LogP) is 9.61. The molecule has 526 valence electrons. The fourth-order valence-corrected chi connectivity index (χ4v) is 11.6. The third kappa shape index (κ3) is 25.9. The van der Waals surface area contributed by atoms with Gasteiger partial charge in [-0.25, -0.2) is 9.59 Å². The number of carbonyl (C=O) groups is 9. The molecule has 6 amide bonds. The number of amides is 6. The van der Waals surface area contributed by atoms with E-state index < -0.39 is 113 Å². The second kappa shape index (κ2) is 39.3. The summed E-state index contributed by atoms with van der Waals surface area (Å²) in [5.41, 5.74) is 2.94. The number of hydrogen-bond donors (Lipinski definition) is 5. The number of likely N-dealkylation sites (N-methyl/N-ethyl adjacent to an activating group) is 1. The molecular weight excluding hydrogens is 1220 g/mol. The molecule has 5 rings (SSSR count). The first kappa shape index (κ1) is 78.7. The van der Waals surface area contributed by atoms with Gasteiger partial charge in [0.2, 0.25) is 35.4 Å². The van der Waals surface area contributed by atoms with Crippen LogP contribution in [-0.2, 0) is 88.0 Å². The first-order chi connectivity index (χ1) is 45.6. The van der Waals surface area contributed by atoms with Crippen LogP contribution in [0.15, 0.2) is 115 Å². The number of rotatable bonds is 39. The van der Waals surface area contributed by atoms with E-state index in [1.165, 1.54) is 25.9 Å². The molecule has 20 nitrogen and oxygen atoms in total. The quantitative estimate of drug-likeness (QED) is 0.0261. The molecule has 1 heterocycles. The zero-order valence-electron chi connectivity index (χ0n) is 59.1. The Morgan fingerprint density at radius 3 is 1.64 bits per heavy atom. The number of ketones is 1. The van der Waals surface area contributed by atoms with Crippen LogP contribution in [0.5, 0.6) is 5.75 Å². The maximum absolute atomic E-state index is 15.6. The van der Waals surface area contributed by atoms with Crippen LogP contribution < -0.4 is 31.3 Å². The van der Waals surface area contributed by atoms with Crippen molar-refractivity contribution in [1.29, 1.82) is 0 Å². The van der Waals surface area contributed by atoms with E-state index in [1.54, 1.807) is 69.3 Å². The largest absolute Gasteiger partial charge is 0.488 e. The maximum Gasteiger partial charge on any atom is 0.329 e. The standard InChI is InChI=1S/C76H108N6O14/c1-15-50(7)66(79-70(86)60(37-39-65-92-40-41-93-65)58(43-53-26-20-17-21-27-53)44-54-28-22-18-23-29-54)73(89)82(14)62(45-55-32-35-59(36-33-55)96-76(10,11)12)71(87)80-67(51(8)16-2)75(91)95-52(9)68(81-69(85)57(34-38-64(84)77-13)46-63(83)49(5)6)72(88)78-61(42-48(3)4)74(90)94-47-56-30-24-19-25-31-56/h17-33,35-36,48-52,57-58,60-62,65-68H,15-16,34,37-47H2,1-14H3,(H,77,84)(H,78,88)(H,79,86)(H,80,87)(H,81,85)/t50-,51-,52+,57+,60+,61-,62-,66-,67-,68-/m0/s1. The molecule has 1 fully saturated rings. The summed E-state index contributed by atoms with van der Waals surface area (Å²) >= 11 is 0. The molecule has 0 aliphatic carbocycles. The monoisotopic (exact) mass is 1330 g/mol. The Balaban J connectivity index is 1.53. The first-order valence-corrected chi connectivity index (χ1v) is 34.3. The number of nitrogens with one attached hydrogen (secondary N) is 5. The Morgan fingerprint density at radius 1 is 0.594 bits per heavy atom. The Morgan fingerprint density at radius 2 is 1.11 bits per heavy atom. The lowest BCUT2D eigenvalue weighted by Crippen LogP contribution is -2.60. The SMILES string of the molecule is CC[C@H](C)[C@H](NC(=O)[C@H](Cc1ccc(OC(C)(C)C)cc1)N(C)C(=O)[C@@H](NC(=O)[C@H](CCC1OCCO1)C(Cc1ccccc1)Cc1ccccc1)[C@@H](C)CC)C(=O)O[C@H](C)[C@H](NC(=O)[C@H](CCC(=O)NC)CC(=O)C(C)C)C(=O)N[C@@H](CC(C)C)C(=O)OCc1ccccc1. The molecule has 20 heteroatoms. The van der Waals surface area contributed by atoms with Crippen molar-refractivity contribution in [1.82, 2.24) is 31.5 Å². The highest BCUT2D eigenvalue weighted by Gasteiger charge is 2.42. The van der Waals surface area contributed by atoms with Crippen molar-refractivity contribution in [2.45, 2.75) is 209 Å². The Labute approximate surface area is 569 Å². The van der Waals surface area contributed by atoms with Gasteiger partial charge in [0.1, 0.15) is 60.1 Å².